The first-order valence-electron chi connectivity index (χ1n) is 8.54. The molecule has 0 bridgehead atoms. The summed E-state index contributed by atoms with van der Waals surface area (Å²) in [6.45, 7) is 9.90. The maximum absolute atomic E-state index is 2.63. The molecule has 0 aromatic carbocycles. The average Bonchev–Trinajstić information content (AvgIpc) is 2.65. The minimum absolute atomic E-state index is 0.718. The third-order valence-corrected chi connectivity index (χ3v) is 6.25. The van der Waals surface area contributed by atoms with Gasteiger partial charge in [0.05, 0.1) is 0 Å². The van der Waals surface area contributed by atoms with Crippen molar-refractivity contribution >= 4 is 0 Å². The molecule has 0 aromatic rings. The normalized spacial score (nSPS) is 37.8. The Labute approximate surface area is 115 Å². The maximum Gasteiger partial charge on any atom is -0.0267 e. The molecule has 0 aliphatic heterocycles. The molecule has 0 aromatic heterocycles. The van der Waals surface area contributed by atoms with Gasteiger partial charge in [-0.1, -0.05) is 59.8 Å². The van der Waals surface area contributed by atoms with Crippen molar-refractivity contribution in [3.05, 3.63) is 0 Å². The predicted molar refractivity (Wildman–Crippen MR) is 80.6 cm³/mol. The third-order valence-electron chi connectivity index (χ3n) is 6.25. The molecule has 18 heavy (non-hydrogen) atoms. The van der Waals surface area contributed by atoms with Gasteiger partial charge in [0.2, 0.25) is 0 Å². The first-order valence-corrected chi connectivity index (χ1v) is 8.54. The van der Waals surface area contributed by atoms with Crippen LogP contribution in [-0.4, -0.2) is 0 Å². The Kier molecular flexibility index (Phi) is 4.78. The van der Waals surface area contributed by atoms with Gasteiger partial charge in [-0.05, 0) is 54.8 Å². The Morgan fingerprint density at radius 1 is 1.00 bits per heavy atom. The summed E-state index contributed by atoms with van der Waals surface area (Å²) in [5, 5.41) is 0. The lowest BCUT2D eigenvalue weighted by molar-refractivity contribution is 0.0661. The molecule has 0 nitrogen and oxygen atoms in total. The molecule has 2 aliphatic carbocycles. The highest BCUT2D eigenvalue weighted by atomic mass is 14.5. The summed E-state index contributed by atoms with van der Waals surface area (Å²) in [6, 6.07) is 0. The number of fused-ring (bicyclic) bond motifs is 1. The molecule has 2 saturated carbocycles. The highest BCUT2D eigenvalue weighted by molar-refractivity contribution is 4.98. The van der Waals surface area contributed by atoms with Gasteiger partial charge < -0.3 is 0 Å². The van der Waals surface area contributed by atoms with E-state index in [4.69, 9.17) is 0 Å². The van der Waals surface area contributed by atoms with E-state index in [0.29, 0.717) is 0 Å². The number of rotatable bonds is 5. The molecule has 0 amide bonds. The predicted octanol–water partition coefficient (Wildman–Crippen LogP) is 6.06. The van der Waals surface area contributed by atoms with Crippen LogP contribution in [0.1, 0.15) is 85.5 Å². The summed E-state index contributed by atoms with van der Waals surface area (Å²) >= 11 is 0. The van der Waals surface area contributed by atoms with Gasteiger partial charge in [0.1, 0.15) is 0 Å². The summed E-state index contributed by atoms with van der Waals surface area (Å²) in [6.07, 6.45) is 13.5. The van der Waals surface area contributed by atoms with Crippen LogP contribution >= 0.6 is 0 Å². The summed E-state index contributed by atoms with van der Waals surface area (Å²) in [7, 11) is 0. The molecular weight excluding hydrogens is 216 g/mol. The topological polar surface area (TPSA) is 0 Å². The van der Waals surface area contributed by atoms with Crippen LogP contribution in [0.3, 0.4) is 0 Å². The molecule has 0 heteroatoms. The number of hydrogen-bond donors (Lipinski definition) is 0. The Hall–Kier alpha value is 0. The van der Waals surface area contributed by atoms with Crippen LogP contribution in [0.4, 0.5) is 0 Å². The smallest absolute Gasteiger partial charge is 0.0267 e. The fraction of sp³-hybridized carbons (Fsp3) is 1.00. The van der Waals surface area contributed by atoms with Crippen molar-refractivity contribution in [2.75, 3.05) is 0 Å². The minimum atomic E-state index is 0.718. The molecule has 0 radical (unpaired) electrons. The van der Waals surface area contributed by atoms with Gasteiger partial charge in [0.25, 0.3) is 0 Å². The molecule has 2 rings (SSSR count). The van der Waals surface area contributed by atoms with Crippen molar-refractivity contribution in [1.29, 1.82) is 0 Å². The van der Waals surface area contributed by atoms with Gasteiger partial charge in [-0.3, -0.25) is 0 Å². The van der Waals surface area contributed by atoms with Crippen molar-refractivity contribution in [2.24, 2.45) is 29.1 Å². The van der Waals surface area contributed by atoms with E-state index >= 15 is 0 Å². The van der Waals surface area contributed by atoms with Crippen LogP contribution in [0.15, 0.2) is 0 Å². The Morgan fingerprint density at radius 2 is 1.78 bits per heavy atom. The van der Waals surface area contributed by atoms with E-state index < -0.39 is 0 Å². The van der Waals surface area contributed by atoms with Crippen molar-refractivity contribution in [1.82, 2.24) is 0 Å². The quantitative estimate of drug-likeness (QED) is 0.556. The first-order chi connectivity index (χ1) is 8.54. The lowest BCUT2D eigenvalue weighted by Gasteiger charge is -2.43. The molecule has 0 unspecified atom stereocenters. The lowest BCUT2D eigenvalue weighted by Crippen LogP contribution is -2.34. The molecule has 0 heterocycles. The Bertz CT molecular complexity index is 255. The number of hydrogen-bond acceptors (Lipinski definition) is 0. The van der Waals surface area contributed by atoms with E-state index in [0.717, 1.165) is 29.1 Å². The fourth-order valence-corrected chi connectivity index (χ4v) is 5.09. The van der Waals surface area contributed by atoms with Crippen LogP contribution in [0.5, 0.6) is 0 Å². The molecule has 4 atom stereocenters. The molecule has 2 aliphatic rings. The fourth-order valence-electron chi connectivity index (χ4n) is 5.09. The Balaban J connectivity index is 1.88. The van der Waals surface area contributed by atoms with E-state index in [2.05, 4.69) is 27.7 Å². The standard InChI is InChI=1S/C18H34/c1-14(2)8-7-9-15(3)17-12-11-16-10-5-6-13-18(16,17)4/h14-17H,5-13H2,1-4H3/t15-,16+,17-,18-/m1/s1. The zero-order chi connectivity index (χ0) is 13.2. The van der Waals surface area contributed by atoms with Gasteiger partial charge in [-0.2, -0.15) is 0 Å². The third kappa shape index (κ3) is 2.94. The van der Waals surface area contributed by atoms with Crippen LogP contribution in [0.2, 0.25) is 0 Å². The van der Waals surface area contributed by atoms with E-state index in [1.54, 1.807) is 0 Å². The van der Waals surface area contributed by atoms with E-state index in [1.165, 1.54) is 57.8 Å². The van der Waals surface area contributed by atoms with Gasteiger partial charge in [-0.15, -0.1) is 0 Å². The van der Waals surface area contributed by atoms with Gasteiger partial charge >= 0.3 is 0 Å². The van der Waals surface area contributed by atoms with Gasteiger partial charge in [0, 0.05) is 0 Å². The largest absolute Gasteiger partial charge is 0.0628 e. The molecule has 0 saturated heterocycles. The second-order valence-electron chi connectivity index (χ2n) is 7.93. The zero-order valence-electron chi connectivity index (χ0n) is 13.2. The van der Waals surface area contributed by atoms with Crippen molar-refractivity contribution in [3.8, 4) is 0 Å². The van der Waals surface area contributed by atoms with Gasteiger partial charge in [0.15, 0.2) is 0 Å². The molecule has 106 valence electrons. The van der Waals surface area contributed by atoms with Crippen molar-refractivity contribution in [2.45, 2.75) is 85.5 Å². The van der Waals surface area contributed by atoms with Crippen LogP contribution in [0.25, 0.3) is 0 Å². The molecular formula is C18H34. The second kappa shape index (κ2) is 5.97. The summed E-state index contributed by atoms with van der Waals surface area (Å²) in [5.74, 6) is 3.97. The minimum Gasteiger partial charge on any atom is -0.0628 e. The zero-order valence-corrected chi connectivity index (χ0v) is 13.2. The van der Waals surface area contributed by atoms with Crippen LogP contribution in [-0.2, 0) is 0 Å². The molecule has 0 N–H and O–H groups in total. The molecule has 2 fully saturated rings. The second-order valence-corrected chi connectivity index (χ2v) is 7.93. The monoisotopic (exact) mass is 250 g/mol. The molecule has 0 spiro atoms. The summed E-state index contributed by atoms with van der Waals surface area (Å²) in [4.78, 5) is 0. The summed E-state index contributed by atoms with van der Waals surface area (Å²) < 4.78 is 0. The summed E-state index contributed by atoms with van der Waals surface area (Å²) in [5.41, 5.74) is 0.718. The lowest BCUT2D eigenvalue weighted by atomic mass is 9.62. The van der Waals surface area contributed by atoms with E-state index in [9.17, 15) is 0 Å². The van der Waals surface area contributed by atoms with Gasteiger partial charge in [-0.25, -0.2) is 0 Å². The highest BCUT2D eigenvalue weighted by Crippen LogP contribution is 2.58. The van der Waals surface area contributed by atoms with Crippen molar-refractivity contribution < 1.29 is 0 Å². The maximum atomic E-state index is 2.63. The van der Waals surface area contributed by atoms with E-state index in [1.807, 2.05) is 0 Å². The highest BCUT2D eigenvalue weighted by Gasteiger charge is 2.48. The van der Waals surface area contributed by atoms with Crippen LogP contribution in [0, 0.1) is 29.1 Å². The van der Waals surface area contributed by atoms with E-state index in [-0.39, 0.29) is 0 Å². The average molecular weight is 250 g/mol. The van der Waals surface area contributed by atoms with Crippen LogP contribution < -0.4 is 0 Å². The Morgan fingerprint density at radius 3 is 2.50 bits per heavy atom. The first kappa shape index (κ1) is 14.4. The SMILES string of the molecule is CC(C)CCC[C@@H](C)[C@H]1CC[C@@H]2CCCC[C@]21C. The van der Waals surface area contributed by atoms with Crippen molar-refractivity contribution in [3.63, 3.8) is 0 Å².